The number of hydrogen-bond acceptors (Lipinski definition) is 1. The molecule has 13 heavy (non-hydrogen) atoms. The van der Waals surface area contributed by atoms with Crippen LogP contribution in [0.1, 0.15) is 33.7 Å². The molecule has 1 heterocycles. The molecule has 0 aromatic carbocycles. The standard InChI is InChI=1S/C8H10FNO.C2H6/c1-6(2)10-5-7(9)3-4-8(10)11;1-2/h3-6H,1-2H3;1-2H3. The number of rotatable bonds is 1. The first kappa shape index (κ1) is 11.9. The minimum Gasteiger partial charge on any atom is -0.310 e. The van der Waals surface area contributed by atoms with Crippen LogP contribution in [0.5, 0.6) is 0 Å². The molecule has 0 N–H and O–H groups in total. The van der Waals surface area contributed by atoms with E-state index in [1.807, 2.05) is 27.7 Å². The maximum Gasteiger partial charge on any atom is 0.250 e. The number of hydrogen-bond donors (Lipinski definition) is 0. The van der Waals surface area contributed by atoms with Crippen molar-refractivity contribution in [2.24, 2.45) is 0 Å². The average molecular weight is 185 g/mol. The van der Waals surface area contributed by atoms with Crippen LogP contribution in [0.4, 0.5) is 4.39 Å². The molecule has 1 aromatic rings. The molecule has 0 atom stereocenters. The molecule has 0 saturated carbocycles. The Balaban J connectivity index is 0.000000671. The highest BCUT2D eigenvalue weighted by atomic mass is 19.1. The molecule has 0 saturated heterocycles. The van der Waals surface area contributed by atoms with Gasteiger partial charge in [0.05, 0.1) is 0 Å². The van der Waals surface area contributed by atoms with Crippen LogP contribution in [0.15, 0.2) is 23.1 Å². The lowest BCUT2D eigenvalue weighted by molar-refractivity contribution is 0.537. The van der Waals surface area contributed by atoms with Gasteiger partial charge in [-0.15, -0.1) is 0 Å². The molecule has 3 heteroatoms. The lowest BCUT2D eigenvalue weighted by Crippen LogP contribution is -2.20. The van der Waals surface area contributed by atoms with Crippen LogP contribution in [0.25, 0.3) is 0 Å². The Bertz CT molecular complexity index is 304. The van der Waals surface area contributed by atoms with Crippen molar-refractivity contribution in [3.8, 4) is 0 Å². The van der Waals surface area contributed by atoms with Gasteiger partial charge in [0.2, 0.25) is 0 Å². The van der Waals surface area contributed by atoms with E-state index < -0.39 is 0 Å². The van der Waals surface area contributed by atoms with Gasteiger partial charge < -0.3 is 4.57 Å². The van der Waals surface area contributed by atoms with Crippen molar-refractivity contribution in [1.82, 2.24) is 4.57 Å². The Morgan fingerprint density at radius 3 is 2.23 bits per heavy atom. The van der Waals surface area contributed by atoms with E-state index >= 15 is 0 Å². The van der Waals surface area contributed by atoms with Gasteiger partial charge in [0.15, 0.2) is 0 Å². The topological polar surface area (TPSA) is 22.0 Å². The van der Waals surface area contributed by atoms with Gasteiger partial charge in [0, 0.05) is 18.3 Å². The second-order valence-electron chi connectivity index (χ2n) is 2.69. The number of halogens is 1. The fourth-order valence-corrected chi connectivity index (χ4v) is 0.880. The van der Waals surface area contributed by atoms with Gasteiger partial charge in [0.1, 0.15) is 5.82 Å². The first-order valence-corrected chi connectivity index (χ1v) is 4.49. The fourth-order valence-electron chi connectivity index (χ4n) is 0.880. The first-order chi connectivity index (χ1) is 6.11. The van der Waals surface area contributed by atoms with Gasteiger partial charge in [-0.2, -0.15) is 0 Å². The van der Waals surface area contributed by atoms with Crippen LogP contribution in [0, 0.1) is 5.82 Å². The SMILES string of the molecule is CC.CC(C)n1cc(F)ccc1=O. The summed E-state index contributed by atoms with van der Waals surface area (Å²) in [5.41, 5.74) is -0.165. The van der Waals surface area contributed by atoms with Gasteiger partial charge in [-0.1, -0.05) is 13.8 Å². The largest absolute Gasteiger partial charge is 0.310 e. The number of pyridine rings is 1. The van der Waals surface area contributed by atoms with E-state index in [4.69, 9.17) is 0 Å². The molecule has 0 aliphatic rings. The molecule has 0 fully saturated rings. The van der Waals surface area contributed by atoms with Crippen LogP contribution in [0.2, 0.25) is 0 Å². The smallest absolute Gasteiger partial charge is 0.250 e. The van der Waals surface area contributed by atoms with Gasteiger partial charge in [-0.3, -0.25) is 4.79 Å². The first-order valence-electron chi connectivity index (χ1n) is 4.49. The fraction of sp³-hybridized carbons (Fsp3) is 0.500. The highest BCUT2D eigenvalue weighted by Crippen LogP contribution is 2.00. The molecule has 0 amide bonds. The molecule has 2 nitrogen and oxygen atoms in total. The van der Waals surface area contributed by atoms with Gasteiger partial charge in [-0.05, 0) is 19.9 Å². The summed E-state index contributed by atoms with van der Waals surface area (Å²) in [5.74, 6) is -0.377. The van der Waals surface area contributed by atoms with Crippen molar-refractivity contribution >= 4 is 0 Å². The molecule has 1 rings (SSSR count). The second-order valence-corrected chi connectivity index (χ2v) is 2.69. The van der Waals surface area contributed by atoms with Crippen molar-refractivity contribution in [3.63, 3.8) is 0 Å². The van der Waals surface area contributed by atoms with Crippen LogP contribution in [0.3, 0.4) is 0 Å². The molecule has 74 valence electrons. The molecule has 1 aromatic heterocycles. The summed E-state index contributed by atoms with van der Waals surface area (Å²) >= 11 is 0. The van der Waals surface area contributed by atoms with Crippen LogP contribution < -0.4 is 5.56 Å². The zero-order valence-corrected chi connectivity index (χ0v) is 8.54. The zero-order valence-electron chi connectivity index (χ0n) is 8.54. The van der Waals surface area contributed by atoms with Gasteiger partial charge in [-0.25, -0.2) is 4.39 Å². The third-order valence-corrected chi connectivity index (χ3v) is 1.46. The van der Waals surface area contributed by atoms with E-state index in [0.29, 0.717) is 0 Å². The summed E-state index contributed by atoms with van der Waals surface area (Å²) in [6.45, 7) is 7.67. The summed E-state index contributed by atoms with van der Waals surface area (Å²) in [5, 5.41) is 0. The third kappa shape index (κ3) is 3.40. The highest BCUT2D eigenvalue weighted by Gasteiger charge is 2.00. The summed E-state index contributed by atoms with van der Waals surface area (Å²) in [4.78, 5) is 11.0. The third-order valence-electron chi connectivity index (χ3n) is 1.46. The van der Waals surface area contributed by atoms with Gasteiger partial charge in [0.25, 0.3) is 5.56 Å². The van der Waals surface area contributed by atoms with Crippen molar-refractivity contribution < 1.29 is 4.39 Å². The van der Waals surface area contributed by atoms with E-state index in [0.717, 1.165) is 0 Å². The Kier molecular flexibility index (Phi) is 5.04. The predicted octanol–water partition coefficient (Wildman–Crippen LogP) is 2.59. The molecule has 0 radical (unpaired) electrons. The van der Waals surface area contributed by atoms with Crippen LogP contribution in [-0.4, -0.2) is 4.57 Å². The monoisotopic (exact) mass is 185 g/mol. The normalized spacial score (nSPS) is 9.38. The van der Waals surface area contributed by atoms with Crippen molar-refractivity contribution in [3.05, 3.63) is 34.5 Å². The Hall–Kier alpha value is -1.12. The summed E-state index contributed by atoms with van der Waals surface area (Å²) in [6.07, 6.45) is 1.22. The number of nitrogens with zero attached hydrogens (tertiary/aromatic N) is 1. The lowest BCUT2D eigenvalue weighted by Gasteiger charge is -2.07. The summed E-state index contributed by atoms with van der Waals surface area (Å²) in [7, 11) is 0. The van der Waals surface area contributed by atoms with E-state index in [1.165, 1.54) is 22.9 Å². The summed E-state index contributed by atoms with van der Waals surface area (Å²) in [6, 6.07) is 2.41. The van der Waals surface area contributed by atoms with Crippen LogP contribution >= 0.6 is 0 Å². The maximum atomic E-state index is 12.5. The Morgan fingerprint density at radius 2 is 1.85 bits per heavy atom. The number of aromatic nitrogens is 1. The molecule has 0 unspecified atom stereocenters. The molecule has 0 spiro atoms. The second kappa shape index (κ2) is 5.51. The van der Waals surface area contributed by atoms with Crippen molar-refractivity contribution in [1.29, 1.82) is 0 Å². The van der Waals surface area contributed by atoms with Gasteiger partial charge >= 0.3 is 0 Å². The average Bonchev–Trinajstić information content (AvgIpc) is 2.12. The Labute approximate surface area is 78.0 Å². The zero-order chi connectivity index (χ0) is 10.4. The highest BCUT2D eigenvalue weighted by molar-refractivity contribution is 4.97. The van der Waals surface area contributed by atoms with E-state index in [9.17, 15) is 9.18 Å². The van der Waals surface area contributed by atoms with E-state index in [-0.39, 0.29) is 17.4 Å². The maximum absolute atomic E-state index is 12.5. The lowest BCUT2D eigenvalue weighted by atomic mass is 10.3. The minimum atomic E-state index is -0.377. The minimum absolute atomic E-state index is 0.0122. The summed E-state index contributed by atoms with van der Waals surface area (Å²) < 4.78 is 13.9. The quantitative estimate of drug-likeness (QED) is 0.659. The van der Waals surface area contributed by atoms with E-state index in [2.05, 4.69) is 0 Å². The predicted molar refractivity (Wildman–Crippen MR) is 52.4 cm³/mol. The molecule has 0 bridgehead atoms. The van der Waals surface area contributed by atoms with Crippen molar-refractivity contribution in [2.45, 2.75) is 33.7 Å². The van der Waals surface area contributed by atoms with Crippen LogP contribution in [-0.2, 0) is 0 Å². The molecular formula is C10H16FNO. The molecular weight excluding hydrogens is 169 g/mol. The molecule has 0 aliphatic heterocycles. The van der Waals surface area contributed by atoms with E-state index in [1.54, 1.807) is 0 Å². The Morgan fingerprint density at radius 1 is 1.31 bits per heavy atom. The molecule has 0 aliphatic carbocycles. The van der Waals surface area contributed by atoms with Crippen molar-refractivity contribution in [2.75, 3.05) is 0 Å².